The molecule has 0 aromatic heterocycles. The molecule has 1 saturated carbocycles. The lowest BCUT2D eigenvalue weighted by atomic mass is 9.94. The summed E-state index contributed by atoms with van der Waals surface area (Å²) in [5.41, 5.74) is 0.814. The molecule has 1 aromatic carbocycles. The normalized spacial score (nSPS) is 15.9. The molecule has 9 nitrogen and oxygen atoms in total. The first-order valence-electron chi connectivity index (χ1n) is 12.3. The van der Waals surface area contributed by atoms with Crippen LogP contribution in [0.3, 0.4) is 0 Å². The highest BCUT2D eigenvalue weighted by Crippen LogP contribution is 2.25. The first-order valence-corrected chi connectivity index (χ1v) is 12.3. The number of aliphatic hydroxyl groups excluding tert-OH is 1. The van der Waals surface area contributed by atoms with E-state index in [1.807, 2.05) is 25.1 Å². The van der Waals surface area contributed by atoms with Crippen LogP contribution in [0.1, 0.15) is 77.0 Å². The van der Waals surface area contributed by atoms with E-state index in [9.17, 15) is 24.8 Å². The van der Waals surface area contributed by atoms with Crippen molar-refractivity contribution in [3.05, 3.63) is 35.4 Å². The van der Waals surface area contributed by atoms with E-state index in [-0.39, 0.29) is 6.04 Å². The Labute approximate surface area is 207 Å². The molecular weight excluding hydrogens is 448 g/mol. The number of carbonyl (C=O) groups is 3. The first kappa shape index (κ1) is 28.1. The summed E-state index contributed by atoms with van der Waals surface area (Å²) in [6.07, 6.45) is 4.83. The lowest BCUT2D eigenvalue weighted by Gasteiger charge is -2.34. The van der Waals surface area contributed by atoms with Crippen molar-refractivity contribution in [3.63, 3.8) is 0 Å². The number of alkyl carbamates (subject to hydrolysis) is 1. The van der Waals surface area contributed by atoms with E-state index in [0.29, 0.717) is 5.56 Å². The van der Waals surface area contributed by atoms with Gasteiger partial charge >= 0.3 is 6.09 Å². The van der Waals surface area contributed by atoms with Crippen LogP contribution in [0.15, 0.2) is 24.3 Å². The van der Waals surface area contributed by atoms with Crippen LogP contribution in [-0.2, 0) is 20.7 Å². The molecule has 1 aliphatic rings. The smallest absolute Gasteiger partial charge is 0.408 e. The molecule has 0 bridgehead atoms. The Hall–Kier alpha value is -3.12. The first-order chi connectivity index (χ1) is 16.6. The van der Waals surface area contributed by atoms with Gasteiger partial charge in [0.15, 0.2) is 0 Å². The van der Waals surface area contributed by atoms with Gasteiger partial charge in [0.25, 0.3) is 0 Å². The number of aryl methyl sites for hydroxylation is 1. The quantitative estimate of drug-likeness (QED) is 0.460. The van der Waals surface area contributed by atoms with Gasteiger partial charge < -0.3 is 25.4 Å². The molecule has 1 fully saturated rings. The Balaban J connectivity index is 2.36. The monoisotopic (exact) mass is 486 g/mol. The lowest BCUT2D eigenvalue weighted by molar-refractivity contribution is -0.142. The topological polar surface area (TPSA) is 132 Å². The zero-order valence-corrected chi connectivity index (χ0v) is 21.2. The molecule has 9 heteroatoms. The summed E-state index contributed by atoms with van der Waals surface area (Å²) in [4.78, 5) is 40.4. The molecule has 35 heavy (non-hydrogen) atoms. The van der Waals surface area contributed by atoms with E-state index in [4.69, 9.17) is 4.74 Å². The standard InChI is InChI=1S/C26H38N4O5/c1-5-18-11-13-19(14-12-18)22(23(32)28-20-9-7-6-8-10-20)30(16-15-27)24(33)21(17-31)29-25(34)35-26(2,3)4/h11-14,20-22,31H,5-10,16-17H2,1-4H3,(H,28,32)(H,29,34). The molecule has 3 amide bonds. The van der Waals surface area contributed by atoms with Crippen molar-refractivity contribution in [1.29, 1.82) is 5.26 Å². The Morgan fingerprint density at radius 1 is 1.17 bits per heavy atom. The number of hydrogen-bond acceptors (Lipinski definition) is 6. The van der Waals surface area contributed by atoms with Crippen molar-refractivity contribution < 1.29 is 24.2 Å². The number of rotatable bonds is 9. The van der Waals surface area contributed by atoms with E-state index in [2.05, 4.69) is 10.6 Å². The van der Waals surface area contributed by atoms with Gasteiger partial charge in [-0.2, -0.15) is 5.26 Å². The summed E-state index contributed by atoms with van der Waals surface area (Å²) in [6, 6.07) is 6.80. The lowest BCUT2D eigenvalue weighted by Crippen LogP contribution is -2.55. The number of benzene rings is 1. The number of nitrogens with one attached hydrogen (secondary N) is 2. The van der Waals surface area contributed by atoms with Gasteiger partial charge in [-0.25, -0.2) is 4.79 Å². The average Bonchev–Trinajstić information content (AvgIpc) is 2.81. The van der Waals surface area contributed by atoms with Crippen molar-refractivity contribution in [2.75, 3.05) is 13.2 Å². The summed E-state index contributed by atoms with van der Waals surface area (Å²) >= 11 is 0. The fourth-order valence-corrected chi connectivity index (χ4v) is 4.14. The highest BCUT2D eigenvalue weighted by atomic mass is 16.6. The summed E-state index contributed by atoms with van der Waals surface area (Å²) in [7, 11) is 0. The number of aliphatic hydroxyl groups is 1. The fourth-order valence-electron chi connectivity index (χ4n) is 4.14. The van der Waals surface area contributed by atoms with Crippen molar-refractivity contribution >= 4 is 17.9 Å². The highest BCUT2D eigenvalue weighted by molar-refractivity contribution is 5.92. The Bertz CT molecular complexity index is 898. The predicted octanol–water partition coefficient (Wildman–Crippen LogP) is 2.98. The maximum Gasteiger partial charge on any atom is 0.408 e. The van der Waals surface area contributed by atoms with E-state index >= 15 is 0 Å². The van der Waals surface area contributed by atoms with Gasteiger partial charge in [0, 0.05) is 6.04 Å². The zero-order valence-electron chi connectivity index (χ0n) is 21.2. The van der Waals surface area contributed by atoms with Gasteiger partial charge in [0.05, 0.1) is 12.7 Å². The van der Waals surface area contributed by atoms with Gasteiger partial charge in [-0.15, -0.1) is 0 Å². The fraction of sp³-hybridized carbons (Fsp3) is 0.615. The summed E-state index contributed by atoms with van der Waals surface area (Å²) in [6.45, 7) is 5.93. The van der Waals surface area contributed by atoms with Crippen LogP contribution in [0.2, 0.25) is 0 Å². The molecule has 0 spiro atoms. The third kappa shape index (κ3) is 8.55. The Kier molecular flexibility index (Phi) is 10.5. The molecular formula is C26H38N4O5. The second-order valence-electron chi connectivity index (χ2n) is 9.85. The van der Waals surface area contributed by atoms with Crippen molar-refractivity contribution in [2.24, 2.45) is 0 Å². The van der Waals surface area contributed by atoms with Gasteiger partial charge in [0.2, 0.25) is 11.8 Å². The van der Waals surface area contributed by atoms with Crippen molar-refractivity contribution in [3.8, 4) is 6.07 Å². The Morgan fingerprint density at radius 3 is 2.31 bits per heavy atom. The SMILES string of the molecule is CCc1ccc(C(C(=O)NC2CCCCC2)N(CC#N)C(=O)C(CO)NC(=O)OC(C)(C)C)cc1. The molecule has 2 rings (SSSR count). The van der Waals surface area contributed by atoms with Crippen LogP contribution in [-0.4, -0.2) is 58.8 Å². The minimum absolute atomic E-state index is 0.00114. The molecule has 1 aromatic rings. The number of amides is 3. The summed E-state index contributed by atoms with van der Waals surface area (Å²) in [5, 5.41) is 24.8. The number of nitriles is 1. The maximum absolute atomic E-state index is 13.5. The predicted molar refractivity (Wildman–Crippen MR) is 131 cm³/mol. The number of carbonyl (C=O) groups excluding carboxylic acids is 3. The minimum Gasteiger partial charge on any atom is -0.444 e. The molecule has 1 aliphatic carbocycles. The van der Waals surface area contributed by atoms with Gasteiger partial charge in [-0.3, -0.25) is 9.59 Å². The van der Waals surface area contributed by atoms with E-state index in [1.54, 1.807) is 32.9 Å². The van der Waals surface area contributed by atoms with Gasteiger partial charge in [0.1, 0.15) is 24.2 Å². The van der Waals surface area contributed by atoms with Crippen LogP contribution in [0, 0.1) is 11.3 Å². The molecule has 2 unspecified atom stereocenters. The second kappa shape index (κ2) is 13.1. The Morgan fingerprint density at radius 2 is 1.80 bits per heavy atom. The third-order valence-corrected chi connectivity index (χ3v) is 5.91. The average molecular weight is 487 g/mol. The molecule has 192 valence electrons. The summed E-state index contributed by atoms with van der Waals surface area (Å²) in [5.74, 6) is -1.14. The number of nitrogens with zero attached hydrogens (tertiary/aromatic N) is 2. The molecule has 0 aliphatic heterocycles. The molecule has 3 N–H and O–H groups in total. The number of ether oxygens (including phenoxy) is 1. The molecule has 0 radical (unpaired) electrons. The zero-order chi connectivity index (χ0) is 26.0. The summed E-state index contributed by atoms with van der Waals surface area (Å²) < 4.78 is 5.20. The second-order valence-corrected chi connectivity index (χ2v) is 9.85. The third-order valence-electron chi connectivity index (χ3n) is 5.91. The van der Waals surface area contributed by atoms with Crippen molar-refractivity contribution in [1.82, 2.24) is 15.5 Å². The minimum atomic E-state index is -1.38. The van der Waals surface area contributed by atoms with Crippen LogP contribution >= 0.6 is 0 Å². The molecule has 0 saturated heterocycles. The largest absolute Gasteiger partial charge is 0.444 e. The number of hydrogen-bond donors (Lipinski definition) is 3. The van der Waals surface area contributed by atoms with Crippen LogP contribution in [0.25, 0.3) is 0 Å². The molecule has 0 heterocycles. The van der Waals surface area contributed by atoms with Gasteiger partial charge in [-0.05, 0) is 51.2 Å². The van der Waals surface area contributed by atoms with E-state index in [0.717, 1.165) is 49.0 Å². The highest BCUT2D eigenvalue weighted by Gasteiger charge is 2.36. The van der Waals surface area contributed by atoms with Crippen LogP contribution in [0.4, 0.5) is 4.79 Å². The van der Waals surface area contributed by atoms with E-state index < -0.39 is 48.7 Å². The van der Waals surface area contributed by atoms with Crippen molar-refractivity contribution in [2.45, 2.75) is 89.9 Å². The van der Waals surface area contributed by atoms with E-state index in [1.165, 1.54) is 0 Å². The molecule has 2 atom stereocenters. The maximum atomic E-state index is 13.5. The van der Waals surface area contributed by atoms with Crippen LogP contribution < -0.4 is 10.6 Å². The van der Waals surface area contributed by atoms with Crippen LogP contribution in [0.5, 0.6) is 0 Å². The van der Waals surface area contributed by atoms with Gasteiger partial charge in [-0.1, -0.05) is 50.5 Å².